The number of carbonyl (C=O) groups is 2. The van der Waals surface area contributed by atoms with Gasteiger partial charge in [-0.05, 0) is 53.2 Å². The van der Waals surface area contributed by atoms with Crippen LogP contribution in [-0.2, 0) is 11.3 Å². The maximum atomic E-state index is 12.4. The van der Waals surface area contributed by atoms with E-state index in [0.29, 0.717) is 10.6 Å². The van der Waals surface area contributed by atoms with Crippen LogP contribution in [0.5, 0.6) is 0 Å². The van der Waals surface area contributed by atoms with Crippen molar-refractivity contribution in [2.45, 2.75) is 6.54 Å². The van der Waals surface area contributed by atoms with Gasteiger partial charge in [-0.15, -0.1) is 0 Å². The van der Waals surface area contributed by atoms with Gasteiger partial charge in [0.2, 0.25) is 0 Å². The van der Waals surface area contributed by atoms with Crippen molar-refractivity contribution < 1.29 is 14.5 Å². The van der Waals surface area contributed by atoms with Crippen LogP contribution in [0.1, 0.15) is 11.1 Å². The molecule has 126 valence electrons. The molecule has 0 aromatic heterocycles. The fourth-order valence-electron chi connectivity index (χ4n) is 2.25. The van der Waals surface area contributed by atoms with E-state index in [2.05, 4.69) is 0 Å². The van der Waals surface area contributed by atoms with Gasteiger partial charge < -0.3 is 0 Å². The first kappa shape index (κ1) is 17.2. The third-order valence-electron chi connectivity index (χ3n) is 3.53. The molecule has 1 heterocycles. The number of benzene rings is 2. The van der Waals surface area contributed by atoms with E-state index in [0.717, 1.165) is 22.2 Å². The first-order valence-corrected chi connectivity index (χ1v) is 8.38. The summed E-state index contributed by atoms with van der Waals surface area (Å²) in [6.07, 6.45) is 1.55. The van der Waals surface area contributed by atoms with Gasteiger partial charge in [-0.25, -0.2) is 0 Å². The average Bonchev–Trinajstić information content (AvgIpc) is 2.85. The quantitative estimate of drug-likeness (QED) is 0.447. The predicted molar refractivity (Wildman–Crippen MR) is 96.1 cm³/mol. The first-order valence-electron chi connectivity index (χ1n) is 7.18. The topological polar surface area (TPSA) is 80.5 Å². The van der Waals surface area contributed by atoms with E-state index in [4.69, 9.17) is 11.6 Å². The molecule has 6 nitrogen and oxygen atoms in total. The molecule has 2 aromatic carbocycles. The van der Waals surface area contributed by atoms with Crippen molar-refractivity contribution in [2.75, 3.05) is 0 Å². The number of nitro benzene ring substituents is 1. The second-order valence-corrected chi connectivity index (χ2v) is 6.67. The molecule has 0 aliphatic carbocycles. The van der Waals surface area contributed by atoms with Crippen molar-refractivity contribution in [3.63, 3.8) is 0 Å². The monoisotopic (exact) mass is 374 g/mol. The normalized spacial score (nSPS) is 15.9. The Kier molecular flexibility index (Phi) is 4.87. The minimum atomic E-state index is -0.496. The second-order valence-electron chi connectivity index (χ2n) is 5.24. The fraction of sp³-hybridized carbons (Fsp3) is 0.0588. The zero-order valence-corrected chi connectivity index (χ0v) is 14.3. The Morgan fingerprint density at radius 3 is 2.32 bits per heavy atom. The number of nitrogens with zero attached hydrogens (tertiary/aromatic N) is 2. The van der Waals surface area contributed by atoms with E-state index < -0.39 is 4.92 Å². The number of hydrogen-bond acceptors (Lipinski definition) is 5. The van der Waals surface area contributed by atoms with E-state index in [1.807, 2.05) is 0 Å². The zero-order chi connectivity index (χ0) is 18.0. The lowest BCUT2D eigenvalue weighted by Gasteiger charge is -2.12. The van der Waals surface area contributed by atoms with Crippen LogP contribution in [0.2, 0.25) is 5.02 Å². The van der Waals surface area contributed by atoms with E-state index in [1.165, 1.54) is 24.3 Å². The molecular formula is C17H11ClN2O4S. The minimum absolute atomic E-state index is 0.0343. The fourth-order valence-corrected chi connectivity index (χ4v) is 3.22. The molecule has 1 fully saturated rings. The van der Waals surface area contributed by atoms with Crippen LogP contribution in [0.15, 0.2) is 53.4 Å². The van der Waals surface area contributed by atoms with Crippen molar-refractivity contribution in [3.8, 4) is 0 Å². The summed E-state index contributed by atoms with van der Waals surface area (Å²) in [6.45, 7) is 0.166. The van der Waals surface area contributed by atoms with Crippen molar-refractivity contribution in [1.82, 2.24) is 4.90 Å². The van der Waals surface area contributed by atoms with Crippen LogP contribution in [0.3, 0.4) is 0 Å². The Morgan fingerprint density at radius 2 is 1.72 bits per heavy atom. The van der Waals surface area contributed by atoms with Crippen LogP contribution < -0.4 is 0 Å². The summed E-state index contributed by atoms with van der Waals surface area (Å²) in [7, 11) is 0. The van der Waals surface area contributed by atoms with E-state index in [1.54, 1.807) is 30.3 Å². The zero-order valence-electron chi connectivity index (χ0n) is 12.7. The van der Waals surface area contributed by atoms with Crippen molar-refractivity contribution in [2.24, 2.45) is 0 Å². The smallest absolute Gasteiger partial charge is 0.268 e. The van der Waals surface area contributed by atoms with E-state index >= 15 is 0 Å². The van der Waals surface area contributed by atoms with Gasteiger partial charge in [0, 0.05) is 17.2 Å². The lowest BCUT2D eigenvalue weighted by Crippen LogP contribution is -2.27. The summed E-state index contributed by atoms with van der Waals surface area (Å²) in [4.78, 5) is 36.2. The summed E-state index contributed by atoms with van der Waals surface area (Å²) in [5.41, 5.74) is 1.37. The highest BCUT2D eigenvalue weighted by Gasteiger charge is 2.34. The number of hydrogen-bond donors (Lipinski definition) is 0. The van der Waals surface area contributed by atoms with Crippen molar-refractivity contribution in [1.29, 1.82) is 0 Å². The van der Waals surface area contributed by atoms with Gasteiger partial charge in [-0.3, -0.25) is 24.6 Å². The largest absolute Gasteiger partial charge is 0.293 e. The molecule has 0 N–H and O–H groups in total. The Morgan fingerprint density at radius 1 is 1.08 bits per heavy atom. The van der Waals surface area contributed by atoms with Crippen LogP contribution in [-0.4, -0.2) is 21.0 Å². The SMILES string of the molecule is O=C1S/C(=C/c2ccc([N+](=O)[O-])cc2)C(=O)N1Cc1ccc(Cl)cc1. The summed E-state index contributed by atoms with van der Waals surface area (Å²) in [5.74, 6) is -0.386. The lowest BCUT2D eigenvalue weighted by atomic mass is 10.2. The number of halogens is 1. The molecule has 0 atom stereocenters. The molecule has 2 aromatic rings. The minimum Gasteiger partial charge on any atom is -0.268 e. The highest BCUT2D eigenvalue weighted by atomic mass is 35.5. The standard InChI is InChI=1S/C17H11ClN2O4S/c18-13-5-1-12(2-6-13)10-19-16(21)15(25-17(19)22)9-11-3-7-14(8-4-11)20(23)24/h1-9H,10H2/b15-9+. The van der Waals surface area contributed by atoms with Gasteiger partial charge in [0.05, 0.1) is 16.4 Å². The summed E-state index contributed by atoms with van der Waals surface area (Å²) in [5, 5.41) is 10.9. The molecule has 0 bridgehead atoms. The average molecular weight is 375 g/mol. The van der Waals surface area contributed by atoms with Gasteiger partial charge in [0.15, 0.2) is 0 Å². The van der Waals surface area contributed by atoms with Crippen molar-refractivity contribution >= 4 is 46.3 Å². The van der Waals surface area contributed by atoms with Crippen LogP contribution >= 0.6 is 23.4 Å². The molecule has 0 radical (unpaired) electrons. The molecule has 1 aliphatic heterocycles. The highest BCUT2D eigenvalue weighted by Crippen LogP contribution is 2.33. The lowest BCUT2D eigenvalue weighted by molar-refractivity contribution is -0.384. The highest BCUT2D eigenvalue weighted by molar-refractivity contribution is 8.18. The number of amides is 2. The van der Waals surface area contributed by atoms with Gasteiger partial charge in [-0.2, -0.15) is 0 Å². The molecule has 0 spiro atoms. The predicted octanol–water partition coefficient (Wildman–Crippen LogP) is 4.48. The van der Waals surface area contributed by atoms with Gasteiger partial charge >= 0.3 is 0 Å². The van der Waals surface area contributed by atoms with Gasteiger partial charge in [-0.1, -0.05) is 23.7 Å². The second kappa shape index (κ2) is 7.08. The molecule has 0 saturated carbocycles. The maximum absolute atomic E-state index is 12.4. The molecule has 8 heteroatoms. The summed E-state index contributed by atoms with van der Waals surface area (Å²) < 4.78 is 0. The van der Waals surface area contributed by atoms with Crippen LogP contribution in [0, 0.1) is 10.1 Å². The number of non-ortho nitro benzene ring substituents is 1. The number of nitro groups is 1. The van der Waals surface area contributed by atoms with E-state index in [-0.39, 0.29) is 28.3 Å². The van der Waals surface area contributed by atoms with Gasteiger partial charge in [0.1, 0.15) is 0 Å². The number of imide groups is 1. The number of rotatable bonds is 4. The third-order valence-corrected chi connectivity index (χ3v) is 4.69. The first-order chi connectivity index (χ1) is 11.9. The Bertz CT molecular complexity index is 879. The van der Waals surface area contributed by atoms with Crippen LogP contribution in [0.25, 0.3) is 6.08 Å². The van der Waals surface area contributed by atoms with E-state index in [9.17, 15) is 19.7 Å². The van der Waals surface area contributed by atoms with Crippen molar-refractivity contribution in [3.05, 3.63) is 79.7 Å². The van der Waals surface area contributed by atoms with Gasteiger partial charge in [0.25, 0.3) is 16.8 Å². The molecule has 1 saturated heterocycles. The molecule has 1 aliphatic rings. The van der Waals surface area contributed by atoms with Crippen LogP contribution in [0.4, 0.5) is 10.5 Å². The molecular weight excluding hydrogens is 364 g/mol. The number of carbonyl (C=O) groups excluding carboxylic acids is 2. The molecule has 25 heavy (non-hydrogen) atoms. The number of thioether (sulfide) groups is 1. The maximum Gasteiger partial charge on any atom is 0.293 e. The summed E-state index contributed by atoms with van der Waals surface area (Å²) >= 11 is 6.68. The third kappa shape index (κ3) is 3.89. The molecule has 2 amide bonds. The molecule has 0 unspecified atom stereocenters. The summed E-state index contributed by atoms with van der Waals surface area (Å²) in [6, 6.07) is 12.7. The molecule has 3 rings (SSSR count). The Labute approximate surface area is 152 Å². The Balaban J connectivity index is 1.78. The Hall–Kier alpha value is -2.64.